The van der Waals surface area contributed by atoms with Crippen LogP contribution in [0.3, 0.4) is 0 Å². The Morgan fingerprint density at radius 2 is 1.86 bits per heavy atom. The molecule has 0 fully saturated rings. The van der Waals surface area contributed by atoms with Crippen LogP contribution in [0.1, 0.15) is 6.92 Å². The lowest BCUT2D eigenvalue weighted by atomic mass is 10.7. The van der Waals surface area contributed by atoms with E-state index in [1.807, 2.05) is 6.92 Å². The lowest BCUT2D eigenvalue weighted by Crippen LogP contribution is -2.19. The Morgan fingerprint density at radius 3 is 2.43 bits per heavy atom. The molecule has 0 radical (unpaired) electrons. The van der Waals surface area contributed by atoms with Gasteiger partial charge in [-0.1, -0.05) is 0 Å². The molecule has 0 aliphatic rings. The summed E-state index contributed by atoms with van der Waals surface area (Å²) in [5, 5.41) is 2.84. The molecule has 86 valence electrons. The predicted octanol–water partition coefficient (Wildman–Crippen LogP) is 0.817. The van der Waals surface area contributed by atoms with Gasteiger partial charge in [0.1, 0.15) is 13.2 Å². The van der Waals surface area contributed by atoms with E-state index in [1.54, 1.807) is 7.05 Å². The van der Waals surface area contributed by atoms with Gasteiger partial charge in [0, 0.05) is 13.2 Å². The summed E-state index contributed by atoms with van der Waals surface area (Å²) in [6, 6.07) is 0. The lowest BCUT2D eigenvalue weighted by Gasteiger charge is -2.05. The number of likely N-dealkylation sites (N-methyl/N-ethyl adjacent to an activating group) is 1. The van der Waals surface area contributed by atoms with E-state index >= 15 is 0 Å². The fourth-order valence-electron chi connectivity index (χ4n) is 0.606. The van der Waals surface area contributed by atoms with E-state index in [0.717, 1.165) is 0 Å². The second-order valence-corrected chi connectivity index (χ2v) is 2.25. The minimum Gasteiger partial charge on any atom is -0.433 e. The van der Waals surface area contributed by atoms with Crippen molar-refractivity contribution in [3.63, 3.8) is 0 Å². The fraction of sp³-hybridized carbons (Fsp3) is 0.875. The second-order valence-electron chi connectivity index (χ2n) is 2.25. The van der Waals surface area contributed by atoms with Crippen LogP contribution in [0.15, 0.2) is 0 Å². The number of nitrogens with one attached hydrogen (secondary N) is 1. The molecule has 0 unspecified atom stereocenters. The molecule has 0 spiro atoms. The van der Waals surface area contributed by atoms with Gasteiger partial charge in [-0.3, -0.25) is 0 Å². The van der Waals surface area contributed by atoms with Gasteiger partial charge in [0.05, 0.1) is 6.61 Å². The van der Waals surface area contributed by atoms with Gasteiger partial charge in [-0.2, -0.15) is 0 Å². The van der Waals surface area contributed by atoms with Gasteiger partial charge >= 0.3 is 6.16 Å². The maximum Gasteiger partial charge on any atom is 0.508 e. The first-order valence-corrected chi connectivity index (χ1v) is 4.33. The summed E-state index contributed by atoms with van der Waals surface area (Å²) in [7, 11) is 1.78. The largest absolute Gasteiger partial charge is 0.508 e. The molecule has 6 heteroatoms. The Kier molecular flexibility index (Phi) is 14.2. The lowest BCUT2D eigenvalue weighted by molar-refractivity contribution is 0.0301. The van der Waals surface area contributed by atoms with Crippen LogP contribution in [-0.2, 0) is 14.2 Å². The molecule has 0 rings (SSSR count). The predicted molar refractivity (Wildman–Crippen MR) is 55.0 cm³/mol. The van der Waals surface area contributed by atoms with Crippen molar-refractivity contribution in [1.29, 1.82) is 0 Å². The molecular weight excluding hydrogens is 210 g/mol. The summed E-state index contributed by atoms with van der Waals surface area (Å²) in [6.45, 7) is 4.11. The number of halogens is 1. The summed E-state index contributed by atoms with van der Waals surface area (Å²) in [4.78, 5) is 10.8. The zero-order valence-corrected chi connectivity index (χ0v) is 9.39. The smallest absolute Gasteiger partial charge is 0.433 e. The minimum atomic E-state index is -0.644. The van der Waals surface area contributed by atoms with Crippen molar-refractivity contribution < 1.29 is 19.0 Å². The molecule has 0 saturated heterocycles. The zero-order valence-electron chi connectivity index (χ0n) is 8.58. The van der Waals surface area contributed by atoms with Crippen LogP contribution in [-0.4, -0.2) is 46.2 Å². The number of hydrogen-bond acceptors (Lipinski definition) is 5. The number of ether oxygens (including phenoxy) is 3. The highest BCUT2D eigenvalue weighted by molar-refractivity contribution is 5.85. The SMILES string of the molecule is CCOCCOC(=O)OCCNC.Cl. The molecule has 0 aromatic rings. The Morgan fingerprint density at radius 1 is 1.21 bits per heavy atom. The Balaban J connectivity index is 0. The van der Waals surface area contributed by atoms with Crippen LogP contribution in [0.4, 0.5) is 4.79 Å². The maximum atomic E-state index is 10.8. The Bertz CT molecular complexity index is 135. The van der Waals surface area contributed by atoms with E-state index in [4.69, 9.17) is 4.74 Å². The van der Waals surface area contributed by atoms with Crippen molar-refractivity contribution in [3.8, 4) is 0 Å². The molecule has 0 atom stereocenters. The van der Waals surface area contributed by atoms with Crippen molar-refractivity contribution in [1.82, 2.24) is 5.32 Å². The molecule has 5 nitrogen and oxygen atoms in total. The third-order valence-electron chi connectivity index (χ3n) is 1.22. The summed E-state index contributed by atoms with van der Waals surface area (Å²) >= 11 is 0. The average molecular weight is 228 g/mol. The van der Waals surface area contributed by atoms with Crippen molar-refractivity contribution >= 4 is 18.6 Å². The normalized spacial score (nSPS) is 9.00. The molecule has 0 aliphatic carbocycles. The van der Waals surface area contributed by atoms with Gasteiger partial charge in [0.2, 0.25) is 0 Å². The van der Waals surface area contributed by atoms with E-state index in [1.165, 1.54) is 0 Å². The molecule has 0 bridgehead atoms. The van der Waals surface area contributed by atoms with Gasteiger partial charge in [-0.15, -0.1) is 12.4 Å². The van der Waals surface area contributed by atoms with E-state index < -0.39 is 6.16 Å². The van der Waals surface area contributed by atoms with Gasteiger partial charge in [0.15, 0.2) is 0 Å². The van der Waals surface area contributed by atoms with Crippen molar-refractivity contribution in [2.45, 2.75) is 6.92 Å². The van der Waals surface area contributed by atoms with Crippen LogP contribution in [0.5, 0.6) is 0 Å². The van der Waals surface area contributed by atoms with Crippen LogP contribution in [0.25, 0.3) is 0 Å². The monoisotopic (exact) mass is 227 g/mol. The molecular formula is C8H18ClNO4. The third-order valence-corrected chi connectivity index (χ3v) is 1.22. The molecule has 0 amide bonds. The number of hydrogen-bond donors (Lipinski definition) is 1. The van der Waals surface area contributed by atoms with Crippen molar-refractivity contribution in [2.75, 3.05) is 40.0 Å². The van der Waals surface area contributed by atoms with Crippen LogP contribution in [0, 0.1) is 0 Å². The molecule has 1 N–H and O–H groups in total. The summed E-state index contributed by atoms with van der Waals surface area (Å²) in [5.74, 6) is 0. The standard InChI is InChI=1S/C8H17NO4.ClH/c1-3-11-6-7-13-8(10)12-5-4-9-2;/h9H,3-7H2,1-2H3;1H. The highest BCUT2D eigenvalue weighted by atomic mass is 35.5. The molecule has 14 heavy (non-hydrogen) atoms. The zero-order chi connectivity index (χ0) is 9.94. The van der Waals surface area contributed by atoms with Gasteiger partial charge in [0.25, 0.3) is 0 Å². The number of carbonyl (C=O) groups is 1. The highest BCUT2D eigenvalue weighted by Gasteiger charge is 2.01. The minimum absolute atomic E-state index is 0. The third kappa shape index (κ3) is 11.5. The maximum absolute atomic E-state index is 10.8. The van der Waals surface area contributed by atoms with E-state index in [0.29, 0.717) is 26.4 Å². The Labute approximate surface area is 90.5 Å². The highest BCUT2D eigenvalue weighted by Crippen LogP contribution is 1.85. The van der Waals surface area contributed by atoms with Crippen LogP contribution >= 0.6 is 12.4 Å². The summed E-state index contributed by atoms with van der Waals surface area (Å²) < 4.78 is 14.3. The van der Waals surface area contributed by atoms with E-state index in [9.17, 15) is 4.79 Å². The molecule has 0 aliphatic heterocycles. The first-order valence-electron chi connectivity index (χ1n) is 4.33. The summed E-state index contributed by atoms with van der Waals surface area (Å²) in [5.41, 5.74) is 0. The second kappa shape index (κ2) is 12.5. The van der Waals surface area contributed by atoms with Crippen LogP contribution in [0.2, 0.25) is 0 Å². The molecule has 0 heterocycles. The number of carbonyl (C=O) groups excluding carboxylic acids is 1. The van der Waals surface area contributed by atoms with Gasteiger partial charge < -0.3 is 19.5 Å². The fourth-order valence-corrected chi connectivity index (χ4v) is 0.606. The van der Waals surface area contributed by atoms with E-state index in [-0.39, 0.29) is 19.0 Å². The van der Waals surface area contributed by atoms with E-state index in [2.05, 4.69) is 14.8 Å². The summed E-state index contributed by atoms with van der Waals surface area (Å²) in [6.07, 6.45) is -0.644. The van der Waals surface area contributed by atoms with Crippen molar-refractivity contribution in [2.24, 2.45) is 0 Å². The van der Waals surface area contributed by atoms with Gasteiger partial charge in [-0.25, -0.2) is 4.79 Å². The number of rotatable bonds is 7. The Hall–Kier alpha value is -0.520. The molecule has 0 saturated carbocycles. The van der Waals surface area contributed by atoms with Gasteiger partial charge in [-0.05, 0) is 14.0 Å². The first kappa shape index (κ1) is 15.9. The van der Waals surface area contributed by atoms with Crippen molar-refractivity contribution in [3.05, 3.63) is 0 Å². The first-order chi connectivity index (χ1) is 6.31. The molecule has 0 aromatic heterocycles. The topological polar surface area (TPSA) is 56.8 Å². The average Bonchev–Trinajstić information content (AvgIpc) is 2.13. The quantitative estimate of drug-likeness (QED) is 0.516. The van der Waals surface area contributed by atoms with Crippen LogP contribution < -0.4 is 5.32 Å². The molecule has 0 aromatic carbocycles.